The second-order valence-electron chi connectivity index (χ2n) is 4.12. The molecule has 0 bridgehead atoms. The van der Waals surface area contributed by atoms with Gasteiger partial charge in [0.25, 0.3) is 5.91 Å². The van der Waals surface area contributed by atoms with Crippen molar-refractivity contribution >= 4 is 33.2 Å². The van der Waals surface area contributed by atoms with E-state index in [9.17, 15) is 4.79 Å². The number of benzene rings is 2. The van der Waals surface area contributed by atoms with E-state index >= 15 is 0 Å². The number of nitrogens with two attached hydrogens (primary N) is 2. The van der Waals surface area contributed by atoms with Crippen molar-refractivity contribution in [1.82, 2.24) is 0 Å². The SMILES string of the molecule is NC(=O)c1c(Br)cccc1NCc1ccc(N)cc1. The van der Waals surface area contributed by atoms with Crippen LogP contribution >= 0.6 is 15.9 Å². The number of carbonyl (C=O) groups is 1. The lowest BCUT2D eigenvalue weighted by Crippen LogP contribution is -2.15. The van der Waals surface area contributed by atoms with Gasteiger partial charge in [-0.05, 0) is 45.8 Å². The first kappa shape index (κ1) is 13.4. The molecule has 0 unspecified atom stereocenters. The number of nitrogens with one attached hydrogen (secondary N) is 1. The Labute approximate surface area is 119 Å². The fourth-order valence-electron chi connectivity index (χ4n) is 1.75. The lowest BCUT2D eigenvalue weighted by Gasteiger charge is -2.11. The van der Waals surface area contributed by atoms with Crippen molar-refractivity contribution < 1.29 is 4.79 Å². The molecule has 1 amide bonds. The molecule has 0 fully saturated rings. The maximum absolute atomic E-state index is 11.4. The van der Waals surface area contributed by atoms with Crippen LogP contribution in [0.2, 0.25) is 0 Å². The molecule has 2 aromatic rings. The van der Waals surface area contributed by atoms with Crippen LogP contribution in [0.1, 0.15) is 15.9 Å². The number of hydrogen-bond acceptors (Lipinski definition) is 3. The van der Waals surface area contributed by atoms with Crippen molar-refractivity contribution in [1.29, 1.82) is 0 Å². The smallest absolute Gasteiger partial charge is 0.251 e. The van der Waals surface area contributed by atoms with Gasteiger partial charge in [-0.3, -0.25) is 4.79 Å². The summed E-state index contributed by atoms with van der Waals surface area (Å²) in [5, 5.41) is 3.20. The Morgan fingerprint density at radius 3 is 2.47 bits per heavy atom. The summed E-state index contributed by atoms with van der Waals surface area (Å²) in [6.07, 6.45) is 0. The molecule has 19 heavy (non-hydrogen) atoms. The van der Waals surface area contributed by atoms with Gasteiger partial charge in [0.2, 0.25) is 0 Å². The maximum Gasteiger partial charge on any atom is 0.251 e. The summed E-state index contributed by atoms with van der Waals surface area (Å²) in [4.78, 5) is 11.4. The number of carbonyl (C=O) groups excluding carboxylic acids is 1. The van der Waals surface area contributed by atoms with Crippen LogP contribution in [0.25, 0.3) is 0 Å². The minimum absolute atomic E-state index is 0.456. The van der Waals surface area contributed by atoms with Crippen molar-refractivity contribution in [2.75, 3.05) is 11.1 Å². The number of nitrogen functional groups attached to an aromatic ring is 1. The zero-order valence-electron chi connectivity index (χ0n) is 10.2. The van der Waals surface area contributed by atoms with E-state index in [-0.39, 0.29) is 0 Å². The predicted molar refractivity (Wildman–Crippen MR) is 80.8 cm³/mol. The third kappa shape index (κ3) is 3.26. The second kappa shape index (κ2) is 5.75. The normalized spacial score (nSPS) is 10.2. The summed E-state index contributed by atoms with van der Waals surface area (Å²) in [6, 6.07) is 13.0. The summed E-state index contributed by atoms with van der Waals surface area (Å²) in [6.45, 7) is 0.594. The third-order valence-corrected chi connectivity index (χ3v) is 3.38. The highest BCUT2D eigenvalue weighted by Crippen LogP contribution is 2.24. The Kier molecular flexibility index (Phi) is 4.06. The molecule has 0 spiro atoms. The van der Waals surface area contributed by atoms with Crippen LogP contribution in [-0.2, 0) is 6.54 Å². The quantitative estimate of drug-likeness (QED) is 0.758. The van der Waals surface area contributed by atoms with E-state index < -0.39 is 5.91 Å². The van der Waals surface area contributed by atoms with Crippen molar-refractivity contribution in [2.24, 2.45) is 5.73 Å². The van der Waals surface area contributed by atoms with E-state index in [4.69, 9.17) is 11.5 Å². The van der Waals surface area contributed by atoms with Crippen LogP contribution in [0.15, 0.2) is 46.9 Å². The summed E-state index contributed by atoms with van der Waals surface area (Å²) < 4.78 is 0.683. The molecule has 0 aliphatic rings. The van der Waals surface area contributed by atoms with Gasteiger partial charge in [-0.15, -0.1) is 0 Å². The highest BCUT2D eigenvalue weighted by Gasteiger charge is 2.11. The van der Waals surface area contributed by atoms with Crippen molar-refractivity contribution in [3.05, 3.63) is 58.1 Å². The molecule has 0 saturated carbocycles. The molecule has 2 rings (SSSR count). The van der Waals surface area contributed by atoms with Gasteiger partial charge >= 0.3 is 0 Å². The van der Waals surface area contributed by atoms with Crippen LogP contribution in [0.3, 0.4) is 0 Å². The van der Waals surface area contributed by atoms with E-state index in [1.807, 2.05) is 36.4 Å². The number of primary amides is 1. The minimum atomic E-state index is -0.465. The average molecular weight is 320 g/mol. The van der Waals surface area contributed by atoms with Crippen LogP contribution in [-0.4, -0.2) is 5.91 Å². The van der Waals surface area contributed by atoms with Gasteiger partial charge < -0.3 is 16.8 Å². The fourth-order valence-corrected chi connectivity index (χ4v) is 2.32. The standard InChI is InChI=1S/C14H14BrN3O/c15-11-2-1-3-12(13(11)14(17)19)18-8-9-4-6-10(16)7-5-9/h1-7,18H,8,16H2,(H2,17,19). The predicted octanol–water partition coefficient (Wildman–Crippen LogP) is 2.74. The zero-order valence-corrected chi connectivity index (χ0v) is 11.8. The number of anilines is 2. The van der Waals surface area contributed by atoms with Gasteiger partial charge in [0.1, 0.15) is 0 Å². The molecule has 0 saturated heterocycles. The Bertz CT molecular complexity index is 596. The van der Waals surface area contributed by atoms with Crippen LogP contribution in [0, 0.1) is 0 Å². The average Bonchev–Trinajstić information content (AvgIpc) is 2.37. The van der Waals surface area contributed by atoms with E-state index in [1.165, 1.54) is 0 Å². The van der Waals surface area contributed by atoms with Crippen LogP contribution in [0.4, 0.5) is 11.4 Å². The Morgan fingerprint density at radius 1 is 1.16 bits per heavy atom. The molecule has 5 heteroatoms. The van der Waals surface area contributed by atoms with E-state index in [1.54, 1.807) is 6.07 Å². The summed E-state index contributed by atoms with van der Waals surface area (Å²) in [7, 11) is 0. The Hall–Kier alpha value is -2.01. The van der Waals surface area contributed by atoms with E-state index in [0.717, 1.165) is 11.3 Å². The van der Waals surface area contributed by atoms with Crippen molar-refractivity contribution in [2.45, 2.75) is 6.54 Å². The minimum Gasteiger partial charge on any atom is -0.399 e. The van der Waals surface area contributed by atoms with Gasteiger partial charge in [-0.1, -0.05) is 18.2 Å². The lowest BCUT2D eigenvalue weighted by atomic mass is 10.1. The Balaban J connectivity index is 2.18. The fraction of sp³-hybridized carbons (Fsp3) is 0.0714. The molecule has 0 radical (unpaired) electrons. The summed E-state index contributed by atoms with van der Waals surface area (Å²) >= 11 is 3.33. The molecule has 5 N–H and O–H groups in total. The first-order valence-electron chi connectivity index (χ1n) is 5.74. The molecular formula is C14H14BrN3O. The summed E-state index contributed by atoms with van der Waals surface area (Å²) in [5.74, 6) is -0.465. The molecule has 4 nitrogen and oxygen atoms in total. The van der Waals surface area contributed by atoms with E-state index in [2.05, 4.69) is 21.2 Å². The molecule has 98 valence electrons. The highest BCUT2D eigenvalue weighted by atomic mass is 79.9. The van der Waals surface area contributed by atoms with Gasteiger partial charge in [-0.2, -0.15) is 0 Å². The first-order chi connectivity index (χ1) is 9.08. The zero-order chi connectivity index (χ0) is 13.8. The molecule has 0 aliphatic carbocycles. The van der Waals surface area contributed by atoms with Crippen LogP contribution < -0.4 is 16.8 Å². The highest BCUT2D eigenvalue weighted by molar-refractivity contribution is 9.10. The largest absolute Gasteiger partial charge is 0.399 e. The number of rotatable bonds is 4. The van der Waals surface area contributed by atoms with Gasteiger partial charge in [0.05, 0.1) is 5.56 Å². The molecule has 0 atom stereocenters. The monoisotopic (exact) mass is 319 g/mol. The molecule has 0 aromatic heterocycles. The molecular weight excluding hydrogens is 306 g/mol. The van der Waals surface area contributed by atoms with Crippen molar-refractivity contribution in [3.63, 3.8) is 0 Å². The van der Waals surface area contributed by atoms with Gasteiger partial charge in [0, 0.05) is 22.4 Å². The topological polar surface area (TPSA) is 81.1 Å². The number of hydrogen-bond donors (Lipinski definition) is 3. The molecule has 0 heterocycles. The lowest BCUT2D eigenvalue weighted by molar-refractivity contribution is 0.100. The maximum atomic E-state index is 11.4. The summed E-state index contributed by atoms with van der Waals surface area (Å²) in [5.41, 5.74) is 14.0. The number of amides is 1. The second-order valence-corrected chi connectivity index (χ2v) is 4.98. The Morgan fingerprint density at radius 2 is 1.84 bits per heavy atom. The van der Waals surface area contributed by atoms with Crippen molar-refractivity contribution in [3.8, 4) is 0 Å². The third-order valence-electron chi connectivity index (χ3n) is 2.72. The van der Waals surface area contributed by atoms with E-state index in [0.29, 0.717) is 22.3 Å². The molecule has 0 aliphatic heterocycles. The number of halogens is 1. The van der Waals surface area contributed by atoms with Gasteiger partial charge in [0.15, 0.2) is 0 Å². The first-order valence-corrected chi connectivity index (χ1v) is 6.54. The van der Waals surface area contributed by atoms with Gasteiger partial charge in [-0.25, -0.2) is 0 Å². The van der Waals surface area contributed by atoms with Crippen LogP contribution in [0.5, 0.6) is 0 Å². The molecule has 2 aromatic carbocycles.